The maximum atomic E-state index is 12.5. The second-order valence-electron chi connectivity index (χ2n) is 6.30. The Bertz CT molecular complexity index is 597. The smallest absolute Gasteiger partial charge is 0.313 e. The fourth-order valence-electron chi connectivity index (χ4n) is 2.84. The van der Waals surface area contributed by atoms with Crippen molar-refractivity contribution in [3.63, 3.8) is 0 Å². The number of carbonyl (C=O) groups is 1. The number of esters is 1. The SMILES string of the molecule is COC(=O)C(CN)(Cc1ccc(C)cc1)Cc1ccc(C)cc1. The maximum Gasteiger partial charge on any atom is 0.313 e. The van der Waals surface area contributed by atoms with Crippen molar-refractivity contribution >= 4 is 5.97 Å². The zero-order chi connectivity index (χ0) is 16.9. The third-order valence-corrected chi connectivity index (χ3v) is 4.34. The topological polar surface area (TPSA) is 52.3 Å². The van der Waals surface area contributed by atoms with E-state index in [1.165, 1.54) is 18.2 Å². The van der Waals surface area contributed by atoms with Gasteiger partial charge in [-0.25, -0.2) is 0 Å². The predicted octanol–water partition coefficient (Wildman–Crippen LogP) is 3.21. The van der Waals surface area contributed by atoms with E-state index in [-0.39, 0.29) is 12.5 Å². The Balaban J connectivity index is 2.32. The van der Waals surface area contributed by atoms with Gasteiger partial charge in [0.1, 0.15) is 0 Å². The van der Waals surface area contributed by atoms with E-state index in [4.69, 9.17) is 10.5 Å². The Morgan fingerprint density at radius 3 is 1.61 bits per heavy atom. The van der Waals surface area contributed by atoms with Crippen molar-refractivity contribution in [2.75, 3.05) is 13.7 Å². The fraction of sp³-hybridized carbons (Fsp3) is 0.350. The number of methoxy groups -OCH3 is 1. The lowest BCUT2D eigenvalue weighted by Crippen LogP contribution is -2.43. The molecule has 2 aromatic rings. The summed E-state index contributed by atoms with van der Waals surface area (Å²) in [7, 11) is 1.43. The van der Waals surface area contributed by atoms with Crippen LogP contribution in [0.1, 0.15) is 22.3 Å². The molecule has 0 saturated heterocycles. The zero-order valence-corrected chi connectivity index (χ0v) is 14.1. The van der Waals surface area contributed by atoms with Crippen LogP contribution in [0.5, 0.6) is 0 Å². The van der Waals surface area contributed by atoms with Crippen LogP contribution in [0.25, 0.3) is 0 Å². The van der Waals surface area contributed by atoms with Gasteiger partial charge in [-0.3, -0.25) is 4.79 Å². The van der Waals surface area contributed by atoms with Crippen LogP contribution in [-0.4, -0.2) is 19.6 Å². The number of ether oxygens (including phenoxy) is 1. The van der Waals surface area contributed by atoms with E-state index >= 15 is 0 Å². The van der Waals surface area contributed by atoms with Crippen LogP contribution in [-0.2, 0) is 22.4 Å². The Morgan fingerprint density at radius 1 is 0.913 bits per heavy atom. The summed E-state index contributed by atoms with van der Waals surface area (Å²) in [6, 6.07) is 16.4. The van der Waals surface area contributed by atoms with Crippen molar-refractivity contribution in [2.24, 2.45) is 11.1 Å². The van der Waals surface area contributed by atoms with Gasteiger partial charge in [-0.05, 0) is 37.8 Å². The highest BCUT2D eigenvalue weighted by atomic mass is 16.5. The molecule has 0 saturated carbocycles. The van der Waals surface area contributed by atoms with E-state index in [0.717, 1.165) is 11.1 Å². The Morgan fingerprint density at radius 2 is 1.30 bits per heavy atom. The molecule has 0 spiro atoms. The van der Waals surface area contributed by atoms with Crippen molar-refractivity contribution in [1.82, 2.24) is 0 Å². The van der Waals surface area contributed by atoms with Crippen molar-refractivity contribution in [1.29, 1.82) is 0 Å². The average Bonchev–Trinajstić information content (AvgIpc) is 2.57. The van der Waals surface area contributed by atoms with Crippen LogP contribution in [0.4, 0.5) is 0 Å². The van der Waals surface area contributed by atoms with Gasteiger partial charge in [-0.2, -0.15) is 0 Å². The van der Waals surface area contributed by atoms with Crippen molar-refractivity contribution in [3.05, 3.63) is 70.8 Å². The van der Waals surface area contributed by atoms with Crippen LogP contribution in [0.15, 0.2) is 48.5 Å². The number of rotatable bonds is 6. The highest BCUT2D eigenvalue weighted by Gasteiger charge is 2.38. The molecule has 3 heteroatoms. The molecule has 23 heavy (non-hydrogen) atoms. The molecule has 0 atom stereocenters. The van der Waals surface area contributed by atoms with E-state index < -0.39 is 5.41 Å². The first-order valence-electron chi connectivity index (χ1n) is 7.89. The fourth-order valence-corrected chi connectivity index (χ4v) is 2.84. The largest absolute Gasteiger partial charge is 0.469 e. The second-order valence-corrected chi connectivity index (χ2v) is 6.30. The highest BCUT2D eigenvalue weighted by Crippen LogP contribution is 2.29. The molecule has 2 N–H and O–H groups in total. The number of carbonyl (C=O) groups excluding carboxylic acids is 1. The maximum absolute atomic E-state index is 12.5. The van der Waals surface area contributed by atoms with Gasteiger partial charge in [0.25, 0.3) is 0 Å². The van der Waals surface area contributed by atoms with Gasteiger partial charge in [0, 0.05) is 6.54 Å². The molecule has 0 amide bonds. The van der Waals surface area contributed by atoms with E-state index in [2.05, 4.69) is 48.5 Å². The van der Waals surface area contributed by atoms with Crippen molar-refractivity contribution < 1.29 is 9.53 Å². The molecule has 0 heterocycles. The minimum absolute atomic E-state index is 0.249. The molecule has 2 rings (SSSR count). The summed E-state index contributed by atoms with van der Waals surface area (Å²) in [6.07, 6.45) is 1.15. The first kappa shape index (κ1) is 17.2. The Labute approximate surface area is 138 Å². The Hall–Kier alpha value is -2.13. The molecule has 3 nitrogen and oxygen atoms in total. The van der Waals surface area contributed by atoms with Gasteiger partial charge in [-0.15, -0.1) is 0 Å². The average molecular weight is 311 g/mol. The first-order chi connectivity index (χ1) is 11.0. The number of aryl methyl sites for hydroxylation is 2. The summed E-state index contributed by atoms with van der Waals surface area (Å²) < 4.78 is 5.08. The van der Waals surface area contributed by atoms with Crippen molar-refractivity contribution in [2.45, 2.75) is 26.7 Å². The molecule has 0 aliphatic carbocycles. The third kappa shape index (κ3) is 4.20. The molecular formula is C20H25NO2. The van der Waals surface area contributed by atoms with E-state index in [1.807, 2.05) is 13.8 Å². The summed E-state index contributed by atoms with van der Waals surface area (Å²) >= 11 is 0. The van der Waals surface area contributed by atoms with E-state index in [0.29, 0.717) is 12.8 Å². The molecule has 0 aliphatic rings. The molecule has 0 aromatic heterocycles. The molecule has 0 unspecified atom stereocenters. The molecule has 0 aliphatic heterocycles. The van der Waals surface area contributed by atoms with Gasteiger partial charge >= 0.3 is 5.97 Å². The summed E-state index contributed by atoms with van der Waals surface area (Å²) in [6.45, 7) is 4.35. The third-order valence-electron chi connectivity index (χ3n) is 4.34. The second kappa shape index (κ2) is 7.42. The molecule has 0 fully saturated rings. The van der Waals surface area contributed by atoms with Crippen molar-refractivity contribution in [3.8, 4) is 0 Å². The van der Waals surface area contributed by atoms with Gasteiger partial charge in [0.15, 0.2) is 0 Å². The molecule has 0 radical (unpaired) electrons. The molecule has 2 aromatic carbocycles. The van der Waals surface area contributed by atoms with Gasteiger partial charge < -0.3 is 10.5 Å². The monoisotopic (exact) mass is 311 g/mol. The van der Waals surface area contributed by atoms with Crippen LogP contribution in [0.3, 0.4) is 0 Å². The lowest BCUT2D eigenvalue weighted by Gasteiger charge is -2.30. The van der Waals surface area contributed by atoms with Gasteiger partial charge in [0.05, 0.1) is 12.5 Å². The van der Waals surface area contributed by atoms with Gasteiger partial charge in [-0.1, -0.05) is 59.7 Å². The van der Waals surface area contributed by atoms with Crippen LogP contribution >= 0.6 is 0 Å². The number of nitrogens with two attached hydrogens (primary N) is 1. The van der Waals surface area contributed by atoms with Crippen LogP contribution < -0.4 is 5.73 Å². The predicted molar refractivity (Wildman–Crippen MR) is 93.3 cm³/mol. The quantitative estimate of drug-likeness (QED) is 0.834. The zero-order valence-electron chi connectivity index (χ0n) is 14.1. The summed E-state index contributed by atoms with van der Waals surface area (Å²) in [5.74, 6) is -0.249. The molecular weight excluding hydrogens is 286 g/mol. The highest BCUT2D eigenvalue weighted by molar-refractivity contribution is 5.78. The minimum atomic E-state index is -0.737. The van der Waals surface area contributed by atoms with Gasteiger partial charge in [0.2, 0.25) is 0 Å². The summed E-state index contributed by atoms with van der Waals surface area (Å²) in [5, 5.41) is 0. The Kier molecular flexibility index (Phi) is 5.56. The lowest BCUT2D eigenvalue weighted by molar-refractivity contribution is -0.152. The number of benzene rings is 2. The normalized spacial score (nSPS) is 11.3. The van der Waals surface area contributed by atoms with E-state index in [9.17, 15) is 4.79 Å². The van der Waals surface area contributed by atoms with Crippen LogP contribution in [0.2, 0.25) is 0 Å². The first-order valence-corrected chi connectivity index (χ1v) is 7.89. The summed E-state index contributed by atoms with van der Waals surface area (Å²) in [4.78, 5) is 12.5. The molecule has 0 bridgehead atoms. The number of hydrogen-bond donors (Lipinski definition) is 1. The summed E-state index contributed by atoms with van der Waals surface area (Å²) in [5.41, 5.74) is 9.89. The van der Waals surface area contributed by atoms with Crippen LogP contribution in [0, 0.1) is 19.3 Å². The number of hydrogen-bond acceptors (Lipinski definition) is 3. The standard InChI is InChI=1S/C20H25NO2/c1-15-4-8-17(9-5-15)12-20(14-21,19(22)23-3)13-18-10-6-16(2)7-11-18/h4-11H,12-14,21H2,1-3H3. The molecule has 122 valence electrons. The minimum Gasteiger partial charge on any atom is -0.469 e. The lowest BCUT2D eigenvalue weighted by atomic mass is 9.76. The van der Waals surface area contributed by atoms with E-state index in [1.54, 1.807) is 0 Å².